The van der Waals surface area contributed by atoms with Crippen molar-refractivity contribution in [2.75, 3.05) is 18.8 Å². The van der Waals surface area contributed by atoms with E-state index in [1.165, 1.54) is 11.3 Å². The van der Waals surface area contributed by atoms with Crippen LogP contribution < -0.4 is 5.73 Å². The van der Waals surface area contributed by atoms with Crippen molar-refractivity contribution >= 4 is 23.1 Å². The maximum atomic E-state index is 12.3. The van der Waals surface area contributed by atoms with Gasteiger partial charge in [0.1, 0.15) is 11.5 Å². The van der Waals surface area contributed by atoms with Crippen LogP contribution in [0.25, 0.3) is 0 Å². The third-order valence-electron chi connectivity index (χ3n) is 4.01. The minimum absolute atomic E-state index is 0.0502. The first-order chi connectivity index (χ1) is 10.7. The number of aromatic nitrogens is 3. The molecule has 116 valence electrons. The van der Waals surface area contributed by atoms with Gasteiger partial charge in [-0.25, -0.2) is 9.97 Å². The molecule has 1 amide bonds. The lowest BCUT2D eigenvalue weighted by atomic mass is 9.95. The second kappa shape index (κ2) is 6.83. The summed E-state index contributed by atoms with van der Waals surface area (Å²) in [6.45, 7) is 1.59. The fourth-order valence-corrected chi connectivity index (χ4v) is 3.34. The number of likely N-dealkylation sites (tertiary alicyclic amines) is 1. The average molecular weight is 317 g/mol. The zero-order chi connectivity index (χ0) is 15.4. The highest BCUT2D eigenvalue weighted by Crippen LogP contribution is 2.22. The van der Waals surface area contributed by atoms with Crippen molar-refractivity contribution in [3.05, 3.63) is 34.7 Å². The fourth-order valence-electron chi connectivity index (χ4n) is 2.82. The van der Waals surface area contributed by atoms with Crippen molar-refractivity contribution in [3.63, 3.8) is 0 Å². The van der Waals surface area contributed by atoms with Crippen molar-refractivity contribution in [1.82, 2.24) is 19.9 Å². The highest BCUT2D eigenvalue weighted by molar-refractivity contribution is 7.07. The summed E-state index contributed by atoms with van der Waals surface area (Å²) in [6, 6.07) is 0. The number of hydrogen-bond acceptors (Lipinski definition) is 6. The van der Waals surface area contributed by atoms with Crippen LogP contribution in [0.1, 0.15) is 35.4 Å². The van der Waals surface area contributed by atoms with E-state index in [1.807, 2.05) is 10.3 Å². The van der Waals surface area contributed by atoms with Gasteiger partial charge in [-0.1, -0.05) is 0 Å². The number of carbonyl (C=O) groups excluding carboxylic acids is 1. The van der Waals surface area contributed by atoms with E-state index in [4.69, 9.17) is 5.73 Å². The van der Waals surface area contributed by atoms with Crippen LogP contribution in [0.15, 0.2) is 23.3 Å². The Bertz CT molecular complexity index is 613. The first kappa shape index (κ1) is 14.9. The van der Waals surface area contributed by atoms with Gasteiger partial charge in [0.2, 0.25) is 0 Å². The van der Waals surface area contributed by atoms with Gasteiger partial charge in [0.15, 0.2) is 0 Å². The van der Waals surface area contributed by atoms with E-state index in [9.17, 15) is 4.79 Å². The second-order valence-corrected chi connectivity index (χ2v) is 6.32. The third kappa shape index (κ3) is 3.59. The van der Waals surface area contributed by atoms with Crippen LogP contribution in [-0.2, 0) is 6.42 Å². The monoisotopic (exact) mass is 317 g/mol. The molecular formula is C15H19N5OS. The first-order valence-electron chi connectivity index (χ1n) is 7.46. The van der Waals surface area contributed by atoms with Crippen molar-refractivity contribution < 1.29 is 4.79 Å². The maximum Gasteiger partial charge on any atom is 0.273 e. The van der Waals surface area contributed by atoms with Gasteiger partial charge >= 0.3 is 0 Å². The number of rotatable bonds is 3. The summed E-state index contributed by atoms with van der Waals surface area (Å²) in [7, 11) is 0. The Balaban J connectivity index is 1.58. The molecule has 0 saturated carbocycles. The zero-order valence-electron chi connectivity index (χ0n) is 12.3. The normalized spacial score (nSPS) is 18.9. The second-order valence-electron chi connectivity index (χ2n) is 5.60. The van der Waals surface area contributed by atoms with E-state index >= 15 is 0 Å². The predicted molar refractivity (Wildman–Crippen MR) is 85.5 cm³/mol. The lowest BCUT2D eigenvalue weighted by Gasteiger charge is -2.19. The topological polar surface area (TPSA) is 85.0 Å². The summed E-state index contributed by atoms with van der Waals surface area (Å²) in [4.78, 5) is 26.8. The smallest absolute Gasteiger partial charge is 0.273 e. The van der Waals surface area contributed by atoms with Gasteiger partial charge in [0.25, 0.3) is 5.91 Å². The zero-order valence-corrected chi connectivity index (χ0v) is 13.1. The van der Waals surface area contributed by atoms with E-state index in [-0.39, 0.29) is 5.91 Å². The lowest BCUT2D eigenvalue weighted by Crippen LogP contribution is -2.32. The minimum atomic E-state index is 0.0502. The number of nitrogens with zero attached hydrogens (tertiary/aromatic N) is 4. The van der Waals surface area contributed by atoms with Crippen LogP contribution in [0.2, 0.25) is 0 Å². The quantitative estimate of drug-likeness (QED) is 0.936. The Morgan fingerprint density at radius 1 is 1.27 bits per heavy atom. The summed E-state index contributed by atoms with van der Waals surface area (Å²) in [6.07, 6.45) is 7.35. The minimum Gasteiger partial charge on any atom is -0.382 e. The summed E-state index contributed by atoms with van der Waals surface area (Å²) in [5.41, 5.74) is 8.80. The Morgan fingerprint density at radius 3 is 2.91 bits per heavy atom. The lowest BCUT2D eigenvalue weighted by molar-refractivity contribution is 0.0755. The summed E-state index contributed by atoms with van der Waals surface area (Å²) in [5, 5.41) is 1.81. The highest BCUT2D eigenvalue weighted by atomic mass is 32.1. The molecule has 1 saturated heterocycles. The maximum absolute atomic E-state index is 12.3. The molecule has 3 rings (SSSR count). The summed E-state index contributed by atoms with van der Waals surface area (Å²) < 4.78 is 0. The number of nitrogen functional groups attached to an aromatic ring is 1. The molecule has 1 fully saturated rings. The van der Waals surface area contributed by atoms with Crippen molar-refractivity contribution in [2.45, 2.75) is 25.7 Å². The molecule has 1 unspecified atom stereocenters. The molecule has 7 heteroatoms. The average Bonchev–Trinajstić information content (AvgIpc) is 2.96. The molecule has 22 heavy (non-hydrogen) atoms. The molecule has 1 aliphatic heterocycles. The molecule has 3 heterocycles. The molecule has 0 aromatic carbocycles. The predicted octanol–water partition coefficient (Wildman–Crippen LogP) is 2.00. The van der Waals surface area contributed by atoms with Gasteiger partial charge in [-0.15, -0.1) is 11.3 Å². The molecule has 2 N–H and O–H groups in total. The number of thiazole rings is 1. The van der Waals surface area contributed by atoms with Gasteiger partial charge in [-0.2, -0.15) is 0 Å². The van der Waals surface area contributed by atoms with Gasteiger partial charge in [0.05, 0.1) is 23.6 Å². The molecule has 1 atom stereocenters. The fraction of sp³-hybridized carbons (Fsp3) is 0.467. The first-order valence-corrected chi connectivity index (χ1v) is 8.40. The summed E-state index contributed by atoms with van der Waals surface area (Å²) >= 11 is 1.46. The van der Waals surface area contributed by atoms with Crippen molar-refractivity contribution in [1.29, 1.82) is 0 Å². The van der Waals surface area contributed by atoms with Gasteiger partial charge in [-0.05, 0) is 31.6 Å². The van der Waals surface area contributed by atoms with Crippen LogP contribution in [-0.4, -0.2) is 38.8 Å². The van der Waals surface area contributed by atoms with Crippen LogP contribution in [0.5, 0.6) is 0 Å². The molecule has 6 nitrogen and oxygen atoms in total. The molecule has 2 aromatic rings. The Labute approximate surface area is 133 Å². The summed E-state index contributed by atoms with van der Waals surface area (Å²) in [5.74, 6) is 1.03. The molecule has 2 aromatic heterocycles. The standard InChI is InChI=1S/C15H19N5OS/c16-14-8-17-12(7-18-14)6-11-2-1-4-20(5-3-11)15(21)13-9-22-10-19-13/h7-11H,1-6H2,(H2,16,18). The van der Waals surface area contributed by atoms with Crippen LogP contribution in [0, 0.1) is 5.92 Å². The molecule has 0 bridgehead atoms. The van der Waals surface area contributed by atoms with E-state index in [0.29, 0.717) is 17.4 Å². The molecule has 0 aliphatic carbocycles. The van der Waals surface area contributed by atoms with E-state index < -0.39 is 0 Å². The van der Waals surface area contributed by atoms with Gasteiger partial charge in [0, 0.05) is 18.5 Å². The number of nitrogens with two attached hydrogens (primary N) is 1. The van der Waals surface area contributed by atoms with E-state index in [1.54, 1.807) is 17.9 Å². The van der Waals surface area contributed by atoms with Crippen LogP contribution >= 0.6 is 11.3 Å². The molecular weight excluding hydrogens is 298 g/mol. The van der Waals surface area contributed by atoms with Crippen molar-refractivity contribution in [2.24, 2.45) is 5.92 Å². The van der Waals surface area contributed by atoms with Crippen LogP contribution in [0.3, 0.4) is 0 Å². The Morgan fingerprint density at radius 2 is 2.18 bits per heavy atom. The third-order valence-corrected chi connectivity index (χ3v) is 4.60. The van der Waals surface area contributed by atoms with Gasteiger partial charge in [-0.3, -0.25) is 9.78 Å². The number of amides is 1. The SMILES string of the molecule is Nc1cnc(CC2CCCN(C(=O)c3cscn3)CC2)cn1. The number of hydrogen-bond donors (Lipinski definition) is 1. The Hall–Kier alpha value is -2.02. The largest absolute Gasteiger partial charge is 0.382 e. The molecule has 0 spiro atoms. The van der Waals surface area contributed by atoms with E-state index in [0.717, 1.165) is 44.5 Å². The number of anilines is 1. The van der Waals surface area contributed by atoms with Gasteiger partial charge < -0.3 is 10.6 Å². The molecule has 1 aliphatic rings. The van der Waals surface area contributed by atoms with Crippen LogP contribution in [0.4, 0.5) is 5.82 Å². The van der Waals surface area contributed by atoms with E-state index in [2.05, 4.69) is 15.0 Å². The van der Waals surface area contributed by atoms with Crippen molar-refractivity contribution in [3.8, 4) is 0 Å². The highest BCUT2D eigenvalue weighted by Gasteiger charge is 2.23. The Kier molecular flexibility index (Phi) is 4.62. The molecule has 0 radical (unpaired) electrons. The number of carbonyl (C=O) groups is 1.